The molecule has 0 bridgehead atoms. The van der Waals surface area contributed by atoms with Crippen LogP contribution in [0.3, 0.4) is 0 Å². The van der Waals surface area contributed by atoms with Crippen molar-refractivity contribution in [3.05, 3.63) is 128 Å². The van der Waals surface area contributed by atoms with E-state index in [4.69, 9.17) is 4.98 Å². The third-order valence-electron chi connectivity index (χ3n) is 7.46. The van der Waals surface area contributed by atoms with Crippen LogP contribution in [0.15, 0.2) is 128 Å². The van der Waals surface area contributed by atoms with Crippen molar-refractivity contribution in [3.8, 4) is 17.1 Å². The first-order valence-corrected chi connectivity index (χ1v) is 12.5. The van der Waals surface area contributed by atoms with Gasteiger partial charge in [0.05, 0.1) is 34.3 Å². The maximum atomic E-state index is 4.83. The van der Waals surface area contributed by atoms with Crippen LogP contribution in [0.4, 0.5) is 0 Å². The van der Waals surface area contributed by atoms with Crippen LogP contribution in [-0.2, 0) is 0 Å². The molecule has 0 saturated carbocycles. The molecule has 0 unspecified atom stereocenters. The van der Waals surface area contributed by atoms with Crippen LogP contribution < -0.4 is 0 Å². The van der Waals surface area contributed by atoms with E-state index in [9.17, 15) is 0 Å². The number of aromatic nitrogens is 3. The average molecular weight is 472 g/mol. The first kappa shape index (κ1) is 20.2. The Morgan fingerprint density at radius 3 is 1.95 bits per heavy atom. The number of para-hydroxylation sites is 1. The predicted molar refractivity (Wildman–Crippen MR) is 154 cm³/mol. The highest BCUT2D eigenvalue weighted by Crippen LogP contribution is 2.44. The van der Waals surface area contributed by atoms with Crippen molar-refractivity contribution in [3.63, 3.8) is 0 Å². The molecule has 0 N–H and O–H groups in total. The number of nitrogens with zero attached hydrogens (tertiary/aromatic N) is 3. The summed E-state index contributed by atoms with van der Waals surface area (Å²) in [5.41, 5.74) is 5.17. The minimum atomic E-state index is 0.867. The largest absolute Gasteiger partial charge is 0.307 e. The fourth-order valence-corrected chi connectivity index (χ4v) is 5.90. The molecule has 3 heterocycles. The second-order valence-corrected chi connectivity index (χ2v) is 9.45. The summed E-state index contributed by atoms with van der Waals surface area (Å²) < 4.78 is 2.38. The van der Waals surface area contributed by atoms with Crippen LogP contribution >= 0.6 is 0 Å². The number of hydrogen-bond donors (Lipinski definition) is 0. The maximum Gasteiger partial charge on any atom is 0.0887 e. The molecule has 172 valence electrons. The fraction of sp³-hybridized carbons (Fsp3) is 0. The molecule has 0 radical (unpaired) electrons. The molecule has 0 amide bonds. The minimum absolute atomic E-state index is 0.867. The molecule has 8 aromatic rings. The summed E-state index contributed by atoms with van der Waals surface area (Å²) in [7, 11) is 0. The molecule has 0 fully saturated rings. The number of pyridine rings is 2. The van der Waals surface area contributed by atoms with Crippen molar-refractivity contribution >= 4 is 54.1 Å². The van der Waals surface area contributed by atoms with Crippen molar-refractivity contribution in [2.24, 2.45) is 0 Å². The van der Waals surface area contributed by atoms with E-state index in [0.29, 0.717) is 0 Å². The lowest BCUT2D eigenvalue weighted by molar-refractivity contribution is 1.14. The normalized spacial score (nSPS) is 11.8. The smallest absolute Gasteiger partial charge is 0.0887 e. The first-order chi connectivity index (χ1) is 18.4. The van der Waals surface area contributed by atoms with Gasteiger partial charge < -0.3 is 4.57 Å². The van der Waals surface area contributed by atoms with E-state index in [-0.39, 0.29) is 0 Å². The van der Waals surface area contributed by atoms with Crippen LogP contribution in [-0.4, -0.2) is 14.5 Å². The Morgan fingerprint density at radius 2 is 1.16 bits per heavy atom. The molecule has 0 atom stereocenters. The second kappa shape index (κ2) is 7.74. The van der Waals surface area contributed by atoms with Crippen LogP contribution in [0.1, 0.15) is 0 Å². The van der Waals surface area contributed by atoms with Gasteiger partial charge in [-0.05, 0) is 57.3 Å². The zero-order valence-electron chi connectivity index (χ0n) is 20.0. The molecular formula is C34H21N3. The van der Waals surface area contributed by atoms with Gasteiger partial charge in [0.15, 0.2) is 0 Å². The minimum Gasteiger partial charge on any atom is -0.307 e. The summed E-state index contributed by atoms with van der Waals surface area (Å²) in [5.74, 6) is 0. The van der Waals surface area contributed by atoms with Crippen LogP contribution in [0.2, 0.25) is 0 Å². The molecule has 0 saturated heterocycles. The molecule has 37 heavy (non-hydrogen) atoms. The number of fused-ring (bicyclic) bond motifs is 10. The Kier molecular flexibility index (Phi) is 4.23. The van der Waals surface area contributed by atoms with Gasteiger partial charge in [0, 0.05) is 22.4 Å². The summed E-state index contributed by atoms with van der Waals surface area (Å²) in [6.07, 6.45) is 3.78. The molecule has 8 rings (SSSR count). The Balaban J connectivity index is 1.56. The third kappa shape index (κ3) is 2.88. The standard InChI is InChI=1S/C34H21N3/c1-2-10-24-22(9-1)16-18-28-32(24)25-11-3-4-12-26(25)33-27-13-5-6-15-31(27)37(34(28)33)23-17-19-30(36-21-23)29-14-7-8-20-35-29/h1-21H. The molecule has 5 aromatic carbocycles. The van der Waals surface area contributed by atoms with Crippen molar-refractivity contribution < 1.29 is 0 Å². The van der Waals surface area contributed by atoms with Crippen molar-refractivity contribution in [2.75, 3.05) is 0 Å². The van der Waals surface area contributed by atoms with Crippen molar-refractivity contribution in [1.29, 1.82) is 0 Å². The lowest BCUT2D eigenvalue weighted by Gasteiger charge is -2.14. The van der Waals surface area contributed by atoms with Crippen LogP contribution in [0.5, 0.6) is 0 Å². The predicted octanol–water partition coefficient (Wildman–Crippen LogP) is 8.70. The van der Waals surface area contributed by atoms with Crippen LogP contribution in [0, 0.1) is 0 Å². The lowest BCUT2D eigenvalue weighted by Crippen LogP contribution is -1.97. The van der Waals surface area contributed by atoms with Crippen molar-refractivity contribution in [2.45, 2.75) is 0 Å². The fourth-order valence-electron chi connectivity index (χ4n) is 5.90. The van der Waals surface area contributed by atoms with E-state index in [1.807, 2.05) is 24.4 Å². The second-order valence-electron chi connectivity index (χ2n) is 9.45. The van der Waals surface area contributed by atoms with Gasteiger partial charge >= 0.3 is 0 Å². The van der Waals surface area contributed by atoms with E-state index >= 15 is 0 Å². The van der Waals surface area contributed by atoms with Gasteiger partial charge in [-0.15, -0.1) is 0 Å². The Labute approximate surface area is 213 Å². The quantitative estimate of drug-likeness (QED) is 0.236. The van der Waals surface area contributed by atoms with E-state index in [1.165, 1.54) is 54.1 Å². The Hall–Kier alpha value is -5.02. The molecule has 0 spiro atoms. The topological polar surface area (TPSA) is 30.7 Å². The number of benzene rings is 5. The summed E-state index contributed by atoms with van der Waals surface area (Å²) in [6.45, 7) is 0. The number of rotatable bonds is 2. The average Bonchev–Trinajstić information content (AvgIpc) is 3.33. The maximum absolute atomic E-state index is 4.83. The highest BCUT2D eigenvalue weighted by Gasteiger charge is 2.19. The van der Waals surface area contributed by atoms with E-state index in [0.717, 1.165) is 17.1 Å². The van der Waals surface area contributed by atoms with Gasteiger partial charge in [0.1, 0.15) is 0 Å². The number of hydrogen-bond acceptors (Lipinski definition) is 2. The Morgan fingerprint density at radius 1 is 0.459 bits per heavy atom. The van der Waals surface area contributed by atoms with Crippen molar-refractivity contribution in [1.82, 2.24) is 14.5 Å². The zero-order valence-corrected chi connectivity index (χ0v) is 20.0. The zero-order chi connectivity index (χ0) is 24.3. The van der Waals surface area contributed by atoms with Gasteiger partial charge in [-0.2, -0.15) is 0 Å². The summed E-state index contributed by atoms with van der Waals surface area (Å²) in [4.78, 5) is 9.30. The third-order valence-corrected chi connectivity index (χ3v) is 7.46. The SMILES string of the molecule is c1ccc(-c2ccc(-n3c4ccccc4c4c5ccccc5c5c6ccccc6ccc5c43)cn2)nc1. The first-order valence-electron chi connectivity index (χ1n) is 12.5. The van der Waals surface area contributed by atoms with Crippen LogP contribution in [0.25, 0.3) is 71.2 Å². The summed E-state index contributed by atoms with van der Waals surface area (Å²) in [5, 5.41) is 10.2. The van der Waals surface area contributed by atoms with Gasteiger partial charge in [-0.25, -0.2) is 0 Å². The van der Waals surface area contributed by atoms with Gasteiger partial charge in [-0.3, -0.25) is 9.97 Å². The molecule has 3 heteroatoms. The van der Waals surface area contributed by atoms with Gasteiger partial charge in [0.2, 0.25) is 0 Å². The Bertz CT molecular complexity index is 2120. The molecular weight excluding hydrogens is 450 g/mol. The summed E-state index contributed by atoms with van der Waals surface area (Å²) in [6, 6.07) is 40.9. The van der Waals surface area contributed by atoms with Gasteiger partial charge in [0.25, 0.3) is 0 Å². The molecule has 0 aliphatic heterocycles. The highest BCUT2D eigenvalue weighted by atomic mass is 15.0. The highest BCUT2D eigenvalue weighted by molar-refractivity contribution is 6.35. The monoisotopic (exact) mass is 471 g/mol. The molecule has 0 aliphatic rings. The van der Waals surface area contributed by atoms with E-state index < -0.39 is 0 Å². The summed E-state index contributed by atoms with van der Waals surface area (Å²) >= 11 is 0. The van der Waals surface area contributed by atoms with E-state index in [1.54, 1.807) is 6.20 Å². The molecule has 3 nitrogen and oxygen atoms in total. The molecule has 3 aromatic heterocycles. The lowest BCUT2D eigenvalue weighted by atomic mass is 9.93. The molecule has 0 aliphatic carbocycles. The van der Waals surface area contributed by atoms with E-state index in [2.05, 4.69) is 107 Å². The van der Waals surface area contributed by atoms with Gasteiger partial charge in [-0.1, -0.05) is 84.9 Å².